The van der Waals surface area contributed by atoms with Gasteiger partial charge in [0.25, 0.3) is 0 Å². The first-order valence-corrected chi connectivity index (χ1v) is 9.18. The minimum Gasteiger partial charge on any atom is -0.328 e. The highest BCUT2D eigenvalue weighted by Gasteiger charge is 2.18. The molecule has 5 nitrogen and oxygen atoms in total. The van der Waals surface area contributed by atoms with Crippen LogP contribution < -0.4 is 10.6 Å². The first-order chi connectivity index (χ1) is 11.6. The van der Waals surface area contributed by atoms with Crippen molar-refractivity contribution in [3.63, 3.8) is 0 Å². The number of aliphatic imine (C=N–C) groups is 1. The summed E-state index contributed by atoms with van der Waals surface area (Å²) in [5.41, 5.74) is 3.71. The van der Waals surface area contributed by atoms with E-state index in [0.717, 1.165) is 26.3 Å². The maximum atomic E-state index is 12.2. The zero-order chi connectivity index (χ0) is 17.1. The van der Waals surface area contributed by atoms with Crippen molar-refractivity contribution in [2.24, 2.45) is 4.99 Å². The Morgan fingerprint density at radius 1 is 1.29 bits per heavy atom. The van der Waals surface area contributed by atoms with Gasteiger partial charge in [0.2, 0.25) is 12.3 Å². The molecule has 2 N–H and O–H groups in total. The van der Waals surface area contributed by atoms with Crippen molar-refractivity contribution in [1.82, 2.24) is 0 Å². The van der Waals surface area contributed by atoms with Gasteiger partial charge < -0.3 is 10.6 Å². The molecule has 0 atom stereocenters. The first-order valence-electron chi connectivity index (χ1n) is 7.16. The van der Waals surface area contributed by atoms with Crippen LogP contribution >= 0.6 is 27.7 Å². The van der Waals surface area contributed by atoms with Gasteiger partial charge in [0.1, 0.15) is 0 Å². The predicted octanol–water partition coefficient (Wildman–Crippen LogP) is 4.20. The Morgan fingerprint density at radius 3 is 2.88 bits per heavy atom. The lowest BCUT2D eigenvalue weighted by molar-refractivity contribution is -0.115. The molecule has 0 saturated carbocycles. The molecule has 0 bridgehead atoms. The summed E-state index contributed by atoms with van der Waals surface area (Å²) in [6.07, 6.45) is 2.78. The molecule has 122 valence electrons. The Balaban J connectivity index is 2.06. The van der Waals surface area contributed by atoms with E-state index in [-0.39, 0.29) is 12.3 Å². The fourth-order valence-electron chi connectivity index (χ4n) is 2.46. The zero-order valence-electron chi connectivity index (χ0n) is 12.8. The van der Waals surface area contributed by atoms with Crippen LogP contribution in [0.3, 0.4) is 0 Å². The highest BCUT2D eigenvalue weighted by atomic mass is 79.9. The molecule has 0 saturated heterocycles. The van der Waals surface area contributed by atoms with Gasteiger partial charge in [0.05, 0.1) is 29.2 Å². The number of halogens is 1. The van der Waals surface area contributed by atoms with Crippen LogP contribution in [0, 0.1) is 0 Å². The molecule has 0 aliphatic carbocycles. The van der Waals surface area contributed by atoms with Crippen LogP contribution in [0.25, 0.3) is 0 Å². The van der Waals surface area contributed by atoms with Crippen molar-refractivity contribution >= 4 is 62.8 Å². The van der Waals surface area contributed by atoms with Crippen molar-refractivity contribution in [2.75, 3.05) is 16.9 Å². The summed E-state index contributed by atoms with van der Waals surface area (Å²) in [4.78, 5) is 28.5. The van der Waals surface area contributed by atoms with E-state index in [1.54, 1.807) is 0 Å². The van der Waals surface area contributed by atoms with Crippen molar-refractivity contribution in [2.45, 2.75) is 11.3 Å². The summed E-state index contributed by atoms with van der Waals surface area (Å²) in [5, 5.41) is 5.55. The Bertz CT molecular complexity index is 852. The lowest BCUT2D eigenvalue weighted by Gasteiger charge is -2.10. The van der Waals surface area contributed by atoms with Crippen LogP contribution in [0.2, 0.25) is 0 Å². The molecule has 24 heavy (non-hydrogen) atoms. The monoisotopic (exact) mass is 403 g/mol. The lowest BCUT2D eigenvalue weighted by atomic mass is 10.1. The molecule has 0 fully saturated rings. The number of carbonyl (C=O) groups excluding carboxylic acids is 2. The van der Waals surface area contributed by atoms with Crippen LogP contribution in [0.15, 0.2) is 50.8 Å². The largest absolute Gasteiger partial charge is 0.328 e. The van der Waals surface area contributed by atoms with Crippen molar-refractivity contribution in [3.05, 3.63) is 46.4 Å². The van der Waals surface area contributed by atoms with Gasteiger partial charge in [0.15, 0.2) is 0 Å². The Kier molecular flexibility index (Phi) is 5.01. The molecule has 1 aliphatic rings. The van der Waals surface area contributed by atoms with E-state index in [0.29, 0.717) is 17.8 Å². The summed E-state index contributed by atoms with van der Waals surface area (Å²) in [5.74, 6) is -0.105. The summed E-state index contributed by atoms with van der Waals surface area (Å²) in [6, 6.07) is 11.2. The molecule has 0 unspecified atom stereocenters. The number of fused-ring (bicyclic) bond motifs is 1. The number of hydrogen-bond donors (Lipinski definition) is 2. The van der Waals surface area contributed by atoms with E-state index in [4.69, 9.17) is 0 Å². The van der Waals surface area contributed by atoms with E-state index < -0.39 is 0 Å². The minimum atomic E-state index is -0.105. The van der Waals surface area contributed by atoms with Gasteiger partial charge in [-0.1, -0.05) is 22.0 Å². The molecule has 7 heteroatoms. The van der Waals surface area contributed by atoms with Crippen LogP contribution in [-0.2, 0) is 9.59 Å². The number of rotatable bonds is 4. The summed E-state index contributed by atoms with van der Waals surface area (Å²) < 4.78 is 0.883. The van der Waals surface area contributed by atoms with Gasteiger partial charge in [-0.3, -0.25) is 14.6 Å². The SMILES string of the molecule is CSc1cc(C2=Nc3ccc(Br)cc3NC(=O)C2)ccc1NC=O. The minimum absolute atomic E-state index is 0.105. The molecular formula is C17H14BrN3O2S. The topological polar surface area (TPSA) is 70.6 Å². The number of benzene rings is 2. The molecule has 1 aliphatic heterocycles. The second-order valence-corrected chi connectivity index (χ2v) is 6.89. The number of carbonyl (C=O) groups is 2. The van der Waals surface area contributed by atoms with Crippen LogP contribution in [-0.4, -0.2) is 24.3 Å². The van der Waals surface area contributed by atoms with E-state index in [2.05, 4.69) is 31.6 Å². The van der Waals surface area contributed by atoms with E-state index in [1.807, 2.05) is 42.7 Å². The van der Waals surface area contributed by atoms with E-state index >= 15 is 0 Å². The second-order valence-electron chi connectivity index (χ2n) is 5.12. The molecule has 3 rings (SSSR count). The number of thioether (sulfide) groups is 1. The molecule has 0 aromatic heterocycles. The normalized spacial score (nSPS) is 13.4. The predicted molar refractivity (Wildman–Crippen MR) is 101 cm³/mol. The highest BCUT2D eigenvalue weighted by molar-refractivity contribution is 9.10. The molecule has 0 radical (unpaired) electrons. The second kappa shape index (κ2) is 7.19. The maximum absolute atomic E-state index is 12.2. The standard InChI is InChI=1S/C17H14BrN3O2S/c1-24-16-6-10(2-4-13(16)19-9-22)14-8-17(23)21-15-7-11(18)3-5-12(15)20-14/h2-7,9H,8H2,1H3,(H,19,22)(H,21,23). The average Bonchev–Trinajstić information content (AvgIpc) is 2.73. The van der Waals surface area contributed by atoms with Gasteiger partial charge in [-0.2, -0.15) is 0 Å². The fraction of sp³-hybridized carbons (Fsp3) is 0.118. The van der Waals surface area contributed by atoms with Crippen LogP contribution in [0.4, 0.5) is 17.1 Å². The van der Waals surface area contributed by atoms with Crippen molar-refractivity contribution in [1.29, 1.82) is 0 Å². The lowest BCUT2D eigenvalue weighted by Crippen LogP contribution is -2.15. The molecule has 2 aromatic rings. The third-order valence-electron chi connectivity index (χ3n) is 3.57. The van der Waals surface area contributed by atoms with Crippen molar-refractivity contribution in [3.8, 4) is 0 Å². The maximum Gasteiger partial charge on any atom is 0.230 e. The molecule has 2 amide bonds. The summed E-state index contributed by atoms with van der Waals surface area (Å²) in [7, 11) is 0. The van der Waals surface area contributed by atoms with Gasteiger partial charge >= 0.3 is 0 Å². The van der Waals surface area contributed by atoms with Crippen molar-refractivity contribution < 1.29 is 9.59 Å². The van der Waals surface area contributed by atoms with Gasteiger partial charge in [0, 0.05) is 9.37 Å². The van der Waals surface area contributed by atoms with E-state index in [9.17, 15) is 9.59 Å². The molecular weight excluding hydrogens is 390 g/mol. The van der Waals surface area contributed by atoms with Gasteiger partial charge in [-0.05, 0) is 42.2 Å². The number of nitrogens with zero attached hydrogens (tertiary/aromatic N) is 1. The summed E-state index contributed by atoms with van der Waals surface area (Å²) in [6.45, 7) is 0. The first kappa shape index (κ1) is 16.7. The van der Waals surface area contributed by atoms with E-state index in [1.165, 1.54) is 11.8 Å². The molecule has 0 spiro atoms. The van der Waals surface area contributed by atoms with Crippen LogP contribution in [0.1, 0.15) is 12.0 Å². The van der Waals surface area contributed by atoms with Gasteiger partial charge in [-0.25, -0.2) is 0 Å². The third kappa shape index (κ3) is 3.52. The van der Waals surface area contributed by atoms with Crippen LogP contribution in [0.5, 0.6) is 0 Å². The Labute approximate surface area is 152 Å². The fourth-order valence-corrected chi connectivity index (χ4v) is 3.41. The summed E-state index contributed by atoms with van der Waals surface area (Å²) >= 11 is 4.92. The molecule has 2 aromatic carbocycles. The Hall–Kier alpha value is -2.12. The quantitative estimate of drug-likeness (QED) is 0.593. The third-order valence-corrected chi connectivity index (χ3v) is 4.84. The molecule has 1 heterocycles. The number of anilines is 2. The average molecular weight is 404 g/mol. The zero-order valence-corrected chi connectivity index (χ0v) is 15.2. The number of nitrogens with one attached hydrogen (secondary N) is 2. The number of hydrogen-bond acceptors (Lipinski definition) is 4. The van der Waals surface area contributed by atoms with Gasteiger partial charge in [-0.15, -0.1) is 11.8 Å². The Morgan fingerprint density at radius 2 is 2.12 bits per heavy atom. The number of amides is 2. The smallest absolute Gasteiger partial charge is 0.230 e. The highest BCUT2D eigenvalue weighted by Crippen LogP contribution is 2.33.